The lowest BCUT2D eigenvalue weighted by Crippen LogP contribution is -2.31. The van der Waals surface area contributed by atoms with E-state index >= 15 is 0 Å². The van der Waals surface area contributed by atoms with Crippen LogP contribution >= 0.6 is 0 Å². The molecular formula is C9H10N6O3. The molecule has 1 aromatic heterocycles. The fourth-order valence-electron chi connectivity index (χ4n) is 1.43. The molecule has 1 aromatic rings. The quantitative estimate of drug-likeness (QED) is 0.295. The minimum Gasteiger partial charge on any atom is -0.307 e. The molecule has 1 fully saturated rings. The highest BCUT2D eigenvalue weighted by molar-refractivity contribution is 6.44. The Morgan fingerprint density at radius 1 is 1.22 bits per heavy atom. The van der Waals surface area contributed by atoms with Crippen LogP contribution in [-0.4, -0.2) is 44.7 Å². The van der Waals surface area contributed by atoms with E-state index in [1.54, 1.807) is 0 Å². The van der Waals surface area contributed by atoms with Crippen LogP contribution in [0.2, 0.25) is 0 Å². The first-order chi connectivity index (χ1) is 8.54. The molecule has 9 heteroatoms. The van der Waals surface area contributed by atoms with Crippen molar-refractivity contribution in [1.82, 2.24) is 19.8 Å². The van der Waals surface area contributed by atoms with Crippen LogP contribution in [0, 0.1) is 0 Å². The van der Waals surface area contributed by atoms with Crippen molar-refractivity contribution in [2.24, 2.45) is 5.84 Å². The number of carbonyl (C=O) groups is 3. The van der Waals surface area contributed by atoms with Crippen molar-refractivity contribution in [2.45, 2.75) is 6.54 Å². The number of nitrogens with one attached hydrogen (secondary N) is 1. The van der Waals surface area contributed by atoms with Crippen LogP contribution < -0.4 is 11.3 Å². The van der Waals surface area contributed by atoms with Gasteiger partial charge in [-0.05, 0) is 0 Å². The van der Waals surface area contributed by atoms with Crippen molar-refractivity contribution >= 4 is 23.7 Å². The van der Waals surface area contributed by atoms with Gasteiger partial charge in [-0.3, -0.25) is 19.5 Å². The third-order valence-electron chi connectivity index (χ3n) is 2.42. The lowest BCUT2D eigenvalue weighted by Gasteiger charge is -2.11. The van der Waals surface area contributed by atoms with Gasteiger partial charge in [0.1, 0.15) is 0 Å². The number of nitrogens with zero attached hydrogens (tertiary/aromatic N) is 4. The van der Waals surface area contributed by atoms with Crippen molar-refractivity contribution < 1.29 is 14.4 Å². The molecule has 2 heterocycles. The summed E-state index contributed by atoms with van der Waals surface area (Å²) >= 11 is 0. The van der Waals surface area contributed by atoms with Crippen LogP contribution in [0.5, 0.6) is 0 Å². The Kier molecular flexibility index (Phi) is 2.90. The number of hydrazine groups is 1. The van der Waals surface area contributed by atoms with Crippen molar-refractivity contribution in [2.75, 3.05) is 12.5 Å². The van der Waals surface area contributed by atoms with Crippen LogP contribution in [0.15, 0.2) is 12.4 Å². The maximum Gasteiger partial charge on any atom is 0.334 e. The number of imide groups is 2. The van der Waals surface area contributed by atoms with E-state index in [2.05, 4.69) is 15.4 Å². The molecule has 0 radical (unpaired) electrons. The van der Waals surface area contributed by atoms with Gasteiger partial charge in [-0.2, -0.15) is 0 Å². The number of aromatic nitrogens is 2. The van der Waals surface area contributed by atoms with E-state index in [4.69, 9.17) is 5.84 Å². The highest BCUT2D eigenvalue weighted by atomic mass is 16.2. The number of nitrogen functional groups attached to an aromatic ring is 1. The average molecular weight is 250 g/mol. The molecule has 3 N–H and O–H groups in total. The Labute approximate surface area is 102 Å². The molecular weight excluding hydrogens is 240 g/mol. The first-order valence-corrected chi connectivity index (χ1v) is 4.95. The molecule has 0 aliphatic carbocycles. The normalized spacial score (nSPS) is 15.6. The second-order valence-electron chi connectivity index (χ2n) is 3.58. The van der Waals surface area contributed by atoms with Gasteiger partial charge < -0.3 is 5.43 Å². The Balaban J connectivity index is 2.16. The van der Waals surface area contributed by atoms with Crippen LogP contribution in [0.3, 0.4) is 0 Å². The lowest BCUT2D eigenvalue weighted by molar-refractivity contribution is -0.143. The van der Waals surface area contributed by atoms with Crippen LogP contribution in [0.4, 0.5) is 10.6 Å². The second-order valence-corrected chi connectivity index (χ2v) is 3.58. The maximum absolute atomic E-state index is 11.6. The number of rotatable bonds is 3. The first kappa shape index (κ1) is 11.9. The van der Waals surface area contributed by atoms with Gasteiger partial charge in [0.15, 0.2) is 5.82 Å². The minimum absolute atomic E-state index is 0.106. The van der Waals surface area contributed by atoms with Crippen molar-refractivity contribution in [3.05, 3.63) is 18.1 Å². The van der Waals surface area contributed by atoms with Crippen molar-refractivity contribution in [3.8, 4) is 0 Å². The molecule has 0 bridgehead atoms. The van der Waals surface area contributed by atoms with E-state index in [-0.39, 0.29) is 6.54 Å². The number of likely N-dealkylation sites (N-methyl/N-ethyl adjacent to an activating group) is 1. The second kappa shape index (κ2) is 4.37. The van der Waals surface area contributed by atoms with E-state index in [1.807, 2.05) is 0 Å². The molecule has 0 aromatic carbocycles. The van der Waals surface area contributed by atoms with Crippen LogP contribution in [0.25, 0.3) is 0 Å². The van der Waals surface area contributed by atoms with Crippen LogP contribution in [-0.2, 0) is 16.1 Å². The molecule has 2 rings (SSSR count). The largest absolute Gasteiger partial charge is 0.334 e. The third-order valence-corrected chi connectivity index (χ3v) is 2.42. The summed E-state index contributed by atoms with van der Waals surface area (Å²) in [6.07, 6.45) is 2.71. The first-order valence-electron chi connectivity index (χ1n) is 4.95. The zero-order valence-electron chi connectivity index (χ0n) is 9.45. The summed E-state index contributed by atoms with van der Waals surface area (Å²) in [5, 5.41) is 0. The van der Waals surface area contributed by atoms with Crippen LogP contribution in [0.1, 0.15) is 5.69 Å². The molecule has 18 heavy (non-hydrogen) atoms. The molecule has 94 valence electrons. The maximum atomic E-state index is 11.6. The van der Waals surface area contributed by atoms with Gasteiger partial charge in [0.2, 0.25) is 0 Å². The highest BCUT2D eigenvalue weighted by Crippen LogP contribution is 2.13. The fraction of sp³-hybridized carbons (Fsp3) is 0.222. The SMILES string of the molecule is CN1C(=O)C(=O)N(Cc2cnc(NN)cn2)C1=O. The summed E-state index contributed by atoms with van der Waals surface area (Å²) in [6, 6.07) is -0.673. The monoisotopic (exact) mass is 250 g/mol. The van der Waals surface area contributed by atoms with E-state index < -0.39 is 17.8 Å². The number of urea groups is 1. The molecule has 0 atom stereocenters. The molecule has 4 amide bonds. The van der Waals surface area contributed by atoms with Crippen molar-refractivity contribution in [3.63, 3.8) is 0 Å². The molecule has 0 spiro atoms. The van der Waals surface area contributed by atoms with Gasteiger partial charge in [0.05, 0.1) is 24.6 Å². The summed E-state index contributed by atoms with van der Waals surface area (Å²) in [5.41, 5.74) is 2.67. The third kappa shape index (κ3) is 1.86. The molecule has 9 nitrogen and oxygen atoms in total. The summed E-state index contributed by atoms with van der Waals surface area (Å²) in [5.74, 6) is 3.75. The predicted molar refractivity (Wildman–Crippen MR) is 58.6 cm³/mol. The summed E-state index contributed by atoms with van der Waals surface area (Å²) in [6.45, 7) is -0.106. The number of anilines is 1. The van der Waals surface area contributed by atoms with E-state index in [9.17, 15) is 14.4 Å². The molecule has 1 aliphatic heterocycles. The zero-order chi connectivity index (χ0) is 13.3. The number of carbonyl (C=O) groups excluding carboxylic acids is 3. The summed E-state index contributed by atoms with van der Waals surface area (Å²) < 4.78 is 0. The Morgan fingerprint density at radius 2 is 1.94 bits per heavy atom. The molecule has 0 saturated carbocycles. The number of amides is 4. The summed E-state index contributed by atoms with van der Waals surface area (Å²) in [7, 11) is 1.25. The molecule has 1 saturated heterocycles. The highest BCUT2D eigenvalue weighted by Gasteiger charge is 2.42. The smallest absolute Gasteiger partial charge is 0.307 e. The minimum atomic E-state index is -0.870. The predicted octanol–water partition coefficient (Wildman–Crippen LogP) is -1.32. The lowest BCUT2D eigenvalue weighted by atomic mass is 10.4. The molecule has 1 aliphatic rings. The zero-order valence-corrected chi connectivity index (χ0v) is 9.45. The van der Waals surface area contributed by atoms with E-state index in [0.29, 0.717) is 11.5 Å². The van der Waals surface area contributed by atoms with Gasteiger partial charge >= 0.3 is 17.8 Å². The number of hydrogen-bond acceptors (Lipinski definition) is 7. The summed E-state index contributed by atoms with van der Waals surface area (Å²) in [4.78, 5) is 43.7. The molecule has 0 unspecified atom stereocenters. The number of hydrogen-bond donors (Lipinski definition) is 2. The van der Waals surface area contributed by atoms with Crippen molar-refractivity contribution in [1.29, 1.82) is 0 Å². The number of nitrogens with two attached hydrogens (primary N) is 1. The Morgan fingerprint density at radius 3 is 2.39 bits per heavy atom. The van der Waals surface area contributed by atoms with E-state index in [0.717, 1.165) is 9.80 Å². The van der Waals surface area contributed by atoms with E-state index in [1.165, 1.54) is 19.4 Å². The van der Waals surface area contributed by atoms with Gasteiger partial charge in [0.25, 0.3) is 0 Å². The standard InChI is InChI=1S/C9H10N6O3/c1-14-7(16)8(17)15(9(14)18)4-5-2-12-6(13-10)3-11-5/h2-3H,4,10H2,1H3,(H,12,13). The topological polar surface area (TPSA) is 122 Å². The van der Waals surface area contributed by atoms with Gasteiger partial charge in [-0.25, -0.2) is 20.5 Å². The van der Waals surface area contributed by atoms with Gasteiger partial charge in [-0.15, -0.1) is 0 Å². The Hall–Kier alpha value is -2.55. The Bertz CT molecular complexity index is 514. The fourth-order valence-corrected chi connectivity index (χ4v) is 1.43. The van der Waals surface area contributed by atoms with Gasteiger partial charge in [-0.1, -0.05) is 0 Å². The van der Waals surface area contributed by atoms with Gasteiger partial charge in [0, 0.05) is 7.05 Å². The average Bonchev–Trinajstić information content (AvgIpc) is 2.57.